The van der Waals surface area contributed by atoms with Gasteiger partial charge in [0, 0.05) is 0 Å². The van der Waals surface area contributed by atoms with Crippen molar-refractivity contribution in [2.45, 2.75) is 0 Å². The van der Waals surface area contributed by atoms with Gasteiger partial charge in [0.05, 0.1) is 0 Å². The molecule has 0 saturated carbocycles. The monoisotopic (exact) mass is 193 g/mol. The first-order chi connectivity index (χ1) is 2.81. The molecule has 0 heterocycles. The maximum absolute atomic E-state index is 9.28. The first kappa shape index (κ1) is 6.07. The molecule has 0 atom stereocenters. The van der Waals surface area contributed by atoms with Crippen LogP contribution in [-0.4, -0.2) is 8.95 Å². The Balaban J connectivity index is 4.81. The van der Waals surface area contributed by atoms with E-state index in [2.05, 4.69) is 0 Å². The van der Waals surface area contributed by atoms with Crippen molar-refractivity contribution in [3.05, 3.63) is 0 Å². The second kappa shape index (κ2) is 3.27. The van der Waals surface area contributed by atoms with Gasteiger partial charge in [-0.05, 0) is 0 Å². The zero-order valence-electron chi connectivity index (χ0n) is 2.55. The van der Waals surface area contributed by atoms with Crippen LogP contribution >= 0.6 is 9.69 Å². The van der Waals surface area contributed by atoms with Gasteiger partial charge in [0.15, 0.2) is 0 Å². The molecule has 0 amide bonds. The fourth-order valence-corrected chi connectivity index (χ4v) is 0.0872. The Morgan fingerprint density at radius 1 is 1.33 bits per heavy atom. The van der Waals surface area contributed by atoms with Crippen molar-refractivity contribution < 1.29 is 23.6 Å². The van der Waals surface area contributed by atoms with Gasteiger partial charge in [-0.1, -0.05) is 0 Å². The zero-order valence-corrected chi connectivity index (χ0v) is 5.04. The standard InChI is InChI=1S/2CO.ClH.Ru/c2*1-2;;/h;;1H;/q;;;+2/p-1. The van der Waals surface area contributed by atoms with Gasteiger partial charge in [0.2, 0.25) is 0 Å². The summed E-state index contributed by atoms with van der Waals surface area (Å²) in [4.78, 5) is 18.6. The van der Waals surface area contributed by atoms with Gasteiger partial charge in [-0.2, -0.15) is 0 Å². The van der Waals surface area contributed by atoms with E-state index >= 15 is 0 Å². The molecule has 2 nitrogen and oxygen atoms in total. The van der Waals surface area contributed by atoms with Crippen molar-refractivity contribution in [1.82, 2.24) is 0 Å². The topological polar surface area (TPSA) is 34.1 Å². The maximum atomic E-state index is 9.28. The second-order valence-corrected chi connectivity index (χ2v) is 3.75. The number of halogens is 1. The van der Waals surface area contributed by atoms with E-state index in [0.717, 1.165) is 0 Å². The third-order valence-corrected chi connectivity index (χ3v) is 1.40. The summed E-state index contributed by atoms with van der Waals surface area (Å²) in [5.74, 6) is 0. The van der Waals surface area contributed by atoms with E-state index in [0.29, 0.717) is 0 Å². The van der Waals surface area contributed by atoms with Crippen molar-refractivity contribution in [1.29, 1.82) is 0 Å². The van der Waals surface area contributed by atoms with Crippen LogP contribution in [0.15, 0.2) is 0 Å². The van der Waals surface area contributed by atoms with Crippen LogP contribution in [0.2, 0.25) is 0 Å². The molecular weight excluding hydrogens is 193 g/mol. The first-order valence-corrected chi connectivity index (χ1v) is 4.87. The molecule has 0 rings (SSSR count). The molecule has 0 aromatic rings. The molecule has 0 aromatic carbocycles. The summed E-state index contributed by atoms with van der Waals surface area (Å²) in [7, 11) is 4.95. The molecule has 0 aliphatic heterocycles. The van der Waals surface area contributed by atoms with E-state index in [-0.39, 0.29) is 0 Å². The van der Waals surface area contributed by atoms with Crippen molar-refractivity contribution in [3.63, 3.8) is 0 Å². The molecule has 0 aliphatic carbocycles. The van der Waals surface area contributed by atoms with Gasteiger partial charge in [-0.25, -0.2) is 0 Å². The third kappa shape index (κ3) is 2.32. The zero-order chi connectivity index (χ0) is 4.99. The molecule has 0 aromatic heterocycles. The van der Waals surface area contributed by atoms with Crippen molar-refractivity contribution >= 4 is 18.6 Å². The van der Waals surface area contributed by atoms with Crippen LogP contribution in [-0.2, 0) is 23.6 Å². The molecule has 0 bridgehead atoms. The summed E-state index contributed by atoms with van der Waals surface area (Å²) < 4.78 is 2.70. The quantitative estimate of drug-likeness (QED) is 0.502. The third-order valence-electron chi connectivity index (χ3n) is 0.127. The van der Waals surface area contributed by atoms with Crippen LogP contribution in [0.1, 0.15) is 0 Å². The predicted octanol–water partition coefficient (Wildman–Crippen LogP) is -0.107. The Hall–Kier alpha value is 0.0734. The molecular formula is C2ClO2Ru+. The summed E-state index contributed by atoms with van der Waals surface area (Å²) in [6.07, 6.45) is 0. The van der Waals surface area contributed by atoms with Crippen LogP contribution in [0, 0.1) is 0 Å². The second-order valence-electron chi connectivity index (χ2n) is 0.366. The summed E-state index contributed by atoms with van der Waals surface area (Å²) in [5.41, 5.74) is 0. The predicted molar refractivity (Wildman–Crippen MR) is 17.2 cm³/mol. The first-order valence-electron chi connectivity index (χ1n) is 0.895. The Morgan fingerprint density at radius 2 is 1.67 bits per heavy atom. The van der Waals surface area contributed by atoms with Crippen molar-refractivity contribution in [2.24, 2.45) is 0 Å². The van der Waals surface area contributed by atoms with Gasteiger partial charge in [0.1, 0.15) is 0 Å². The average Bonchev–Trinajstić information content (AvgIpc) is 1.65. The Kier molecular flexibility index (Phi) is 3.31. The minimum atomic E-state index is -2.33. The van der Waals surface area contributed by atoms with E-state index in [4.69, 9.17) is 9.69 Å². The van der Waals surface area contributed by atoms with E-state index in [1.54, 1.807) is 0 Å². The number of carbonyl (C=O) groups excluding carboxylic acids is 2. The van der Waals surface area contributed by atoms with Gasteiger partial charge < -0.3 is 0 Å². The molecule has 0 unspecified atom stereocenters. The van der Waals surface area contributed by atoms with Gasteiger partial charge in [-0.15, -0.1) is 0 Å². The fourth-order valence-electron chi connectivity index (χ4n) is 0.0147. The normalized spacial score (nSPS) is 7.00. The van der Waals surface area contributed by atoms with Crippen LogP contribution in [0.5, 0.6) is 0 Å². The van der Waals surface area contributed by atoms with Crippen LogP contribution in [0.4, 0.5) is 0 Å². The Morgan fingerprint density at radius 3 is 1.67 bits per heavy atom. The number of rotatable bonds is 0. The van der Waals surface area contributed by atoms with Gasteiger partial charge >= 0.3 is 42.3 Å². The summed E-state index contributed by atoms with van der Waals surface area (Å²) in [5, 5.41) is 0. The number of hydrogen-bond donors (Lipinski definition) is 0. The summed E-state index contributed by atoms with van der Waals surface area (Å²) in [6.45, 7) is 0. The summed E-state index contributed by atoms with van der Waals surface area (Å²) >= 11 is -2.33. The van der Waals surface area contributed by atoms with Gasteiger partial charge in [-0.3, -0.25) is 0 Å². The van der Waals surface area contributed by atoms with E-state index in [9.17, 15) is 9.59 Å². The van der Waals surface area contributed by atoms with Crippen LogP contribution in [0.25, 0.3) is 0 Å². The SMILES string of the molecule is O=[C]=[Ru+]([Cl])=[C]=O. The molecule has 0 fully saturated rings. The molecule has 0 saturated heterocycles. The minimum absolute atomic E-state index is 1.35. The molecule has 0 spiro atoms. The molecule has 34 valence electrons. The molecule has 4 heteroatoms. The van der Waals surface area contributed by atoms with E-state index in [1.165, 1.54) is 8.95 Å². The molecule has 6 heavy (non-hydrogen) atoms. The number of hydrogen-bond acceptors (Lipinski definition) is 2. The van der Waals surface area contributed by atoms with Crippen molar-refractivity contribution in [3.8, 4) is 0 Å². The average molecular weight is 193 g/mol. The molecule has 0 radical (unpaired) electrons. The fraction of sp³-hybridized carbons (Fsp3) is 0. The molecule has 0 N–H and O–H groups in total. The van der Waals surface area contributed by atoms with Gasteiger partial charge in [0.25, 0.3) is 0 Å². The van der Waals surface area contributed by atoms with Crippen LogP contribution in [0.3, 0.4) is 0 Å². The van der Waals surface area contributed by atoms with Crippen molar-refractivity contribution in [2.75, 3.05) is 0 Å². The van der Waals surface area contributed by atoms with E-state index in [1.807, 2.05) is 0 Å². The van der Waals surface area contributed by atoms with Crippen LogP contribution < -0.4 is 0 Å². The summed E-state index contributed by atoms with van der Waals surface area (Å²) in [6, 6.07) is 0. The Labute approximate surface area is 42.7 Å². The Bertz CT molecular complexity index is 140. The van der Waals surface area contributed by atoms with E-state index < -0.39 is 14.1 Å². The molecule has 0 aliphatic rings.